The molecule has 0 bridgehead atoms. The summed E-state index contributed by atoms with van der Waals surface area (Å²) in [5, 5.41) is 16.6. The minimum atomic E-state index is -0.662. The molecule has 0 amide bonds. The highest BCUT2D eigenvalue weighted by molar-refractivity contribution is 8.13. The zero-order valence-corrected chi connectivity index (χ0v) is 14.8. The average molecular weight is 332 g/mol. The van der Waals surface area contributed by atoms with Crippen LogP contribution in [0.15, 0.2) is 5.10 Å². The summed E-state index contributed by atoms with van der Waals surface area (Å²) in [5.74, 6) is 0.621. The molecule has 0 aromatic heterocycles. The molecule has 0 aliphatic carbocycles. The van der Waals surface area contributed by atoms with Gasteiger partial charge in [-0.25, -0.2) is 10.1 Å². The van der Waals surface area contributed by atoms with Gasteiger partial charge in [0.1, 0.15) is 0 Å². The van der Waals surface area contributed by atoms with E-state index in [-0.39, 0.29) is 6.04 Å². The molecule has 1 rings (SSSR count). The van der Waals surface area contributed by atoms with Gasteiger partial charge in [0.05, 0.1) is 17.8 Å². The molecule has 7 nitrogen and oxygen atoms in total. The quantitative estimate of drug-likeness (QED) is 0.317. The molecule has 0 spiro atoms. The van der Waals surface area contributed by atoms with Crippen molar-refractivity contribution in [1.82, 2.24) is 10.2 Å². The first-order chi connectivity index (χ1) is 10.4. The smallest absolute Gasteiger partial charge is 0.234 e. The fourth-order valence-electron chi connectivity index (χ4n) is 2.64. The first-order valence-electron chi connectivity index (χ1n) is 7.82. The van der Waals surface area contributed by atoms with E-state index in [1.54, 1.807) is 6.26 Å². The largest absolute Gasteiger partial charge is 0.378 e. The fourth-order valence-corrected chi connectivity index (χ4v) is 3.11. The summed E-state index contributed by atoms with van der Waals surface area (Å²) >= 11 is 1.26. The van der Waals surface area contributed by atoms with E-state index >= 15 is 0 Å². The van der Waals surface area contributed by atoms with Crippen molar-refractivity contribution in [2.75, 3.05) is 32.5 Å². The summed E-state index contributed by atoms with van der Waals surface area (Å²) in [5.41, 5.74) is 0. The van der Waals surface area contributed by atoms with Crippen molar-refractivity contribution in [2.24, 2.45) is 11.0 Å². The van der Waals surface area contributed by atoms with Gasteiger partial charge < -0.3 is 15.0 Å². The van der Waals surface area contributed by atoms with E-state index in [0.717, 1.165) is 39.1 Å². The predicted octanol–water partition coefficient (Wildman–Crippen LogP) is 2.01. The second-order valence-electron chi connectivity index (χ2n) is 5.82. The molecule has 1 aliphatic rings. The Morgan fingerprint density at radius 3 is 2.86 bits per heavy atom. The van der Waals surface area contributed by atoms with E-state index in [0.29, 0.717) is 17.2 Å². The third-order valence-corrected chi connectivity index (χ3v) is 4.45. The van der Waals surface area contributed by atoms with Gasteiger partial charge in [-0.05, 0) is 45.4 Å². The van der Waals surface area contributed by atoms with E-state index in [9.17, 15) is 10.1 Å². The van der Waals surface area contributed by atoms with Crippen molar-refractivity contribution >= 4 is 16.9 Å². The van der Waals surface area contributed by atoms with Crippen LogP contribution in [0.4, 0.5) is 0 Å². The molecule has 1 fully saturated rings. The van der Waals surface area contributed by atoms with Crippen LogP contribution in [0.5, 0.6) is 0 Å². The van der Waals surface area contributed by atoms with Gasteiger partial charge in [-0.3, -0.25) is 0 Å². The van der Waals surface area contributed by atoms with Crippen LogP contribution in [0.3, 0.4) is 0 Å². The van der Waals surface area contributed by atoms with E-state index in [4.69, 9.17) is 4.74 Å². The van der Waals surface area contributed by atoms with E-state index in [1.807, 2.05) is 6.92 Å². The Bertz CT molecular complexity index is 381. The minimum Gasteiger partial charge on any atom is -0.378 e. The Hall–Kier alpha value is -0.860. The van der Waals surface area contributed by atoms with Crippen molar-refractivity contribution < 1.29 is 9.77 Å². The molecule has 1 N–H and O–H groups in total. The van der Waals surface area contributed by atoms with Gasteiger partial charge >= 0.3 is 0 Å². The van der Waals surface area contributed by atoms with Crippen LogP contribution in [0.1, 0.15) is 33.6 Å². The first-order valence-corrected chi connectivity index (χ1v) is 9.04. The normalized spacial score (nSPS) is 23.8. The van der Waals surface area contributed by atoms with Gasteiger partial charge in [-0.15, -0.1) is 0 Å². The zero-order valence-electron chi connectivity index (χ0n) is 13.9. The Kier molecular flexibility index (Phi) is 8.74. The topological polar surface area (TPSA) is 80.0 Å². The Morgan fingerprint density at radius 2 is 2.36 bits per heavy atom. The van der Waals surface area contributed by atoms with Gasteiger partial charge in [-0.1, -0.05) is 18.7 Å². The molecule has 1 aliphatic heterocycles. The molecular weight excluding hydrogens is 304 g/mol. The number of nitrogens with one attached hydrogen (secondary N) is 1. The maximum atomic E-state index is 10.4. The van der Waals surface area contributed by atoms with Crippen molar-refractivity contribution in [3.63, 3.8) is 0 Å². The summed E-state index contributed by atoms with van der Waals surface area (Å²) in [7, 11) is 0. The molecule has 3 unspecified atom stereocenters. The summed E-state index contributed by atoms with van der Waals surface area (Å²) in [6.45, 7) is 10.2. The minimum absolute atomic E-state index is 0.152. The van der Waals surface area contributed by atoms with Crippen LogP contribution >= 0.6 is 11.8 Å². The van der Waals surface area contributed by atoms with Crippen molar-refractivity contribution in [3.05, 3.63) is 10.1 Å². The molecule has 0 saturated carbocycles. The summed E-state index contributed by atoms with van der Waals surface area (Å²) in [4.78, 5) is 12.9. The van der Waals surface area contributed by atoms with Crippen molar-refractivity contribution in [1.29, 1.82) is 0 Å². The van der Waals surface area contributed by atoms with Gasteiger partial charge in [0.25, 0.3) is 0 Å². The maximum absolute atomic E-state index is 10.4. The highest BCUT2D eigenvalue weighted by Gasteiger charge is 2.23. The Morgan fingerprint density at radius 1 is 1.64 bits per heavy atom. The lowest BCUT2D eigenvalue weighted by atomic mass is 10.1. The third kappa shape index (κ3) is 7.42. The van der Waals surface area contributed by atoms with E-state index < -0.39 is 5.03 Å². The van der Waals surface area contributed by atoms with Crippen LogP contribution in [0.25, 0.3) is 0 Å². The number of rotatable bonds is 8. The highest BCUT2D eigenvalue weighted by Crippen LogP contribution is 2.20. The van der Waals surface area contributed by atoms with E-state index in [2.05, 4.69) is 29.2 Å². The maximum Gasteiger partial charge on any atom is 0.234 e. The van der Waals surface area contributed by atoms with Crippen LogP contribution in [-0.4, -0.2) is 59.7 Å². The van der Waals surface area contributed by atoms with Gasteiger partial charge in [0.2, 0.25) is 5.17 Å². The molecule has 3 atom stereocenters. The molecule has 22 heavy (non-hydrogen) atoms. The summed E-state index contributed by atoms with van der Waals surface area (Å²) in [6, 6.07) is 0.152. The standard InChI is InChI=1S/C14H28N4O3S/c1-5-17(9-13-8-12(3)21-10-13)7-6-11(2)15-14(22-4)16-18(19)20/h11-13H,5-10H2,1-4H3,(H,15,16). The zero-order chi connectivity index (χ0) is 16.5. The number of nitrogens with zero attached hydrogens (tertiary/aromatic N) is 3. The van der Waals surface area contributed by atoms with Crippen molar-refractivity contribution in [2.45, 2.75) is 45.8 Å². The number of hydrogen-bond acceptors (Lipinski definition) is 5. The van der Waals surface area contributed by atoms with E-state index in [1.165, 1.54) is 11.8 Å². The van der Waals surface area contributed by atoms with Gasteiger partial charge in [-0.2, -0.15) is 0 Å². The van der Waals surface area contributed by atoms with Crippen molar-refractivity contribution in [3.8, 4) is 0 Å². The lowest BCUT2D eigenvalue weighted by Gasteiger charge is -2.25. The van der Waals surface area contributed by atoms with Crippen LogP contribution < -0.4 is 5.32 Å². The molecule has 8 heteroatoms. The molecular formula is C14H28N4O3S. The lowest BCUT2D eigenvalue weighted by Crippen LogP contribution is -2.37. The lowest BCUT2D eigenvalue weighted by molar-refractivity contribution is -0.484. The van der Waals surface area contributed by atoms with Crippen LogP contribution in [0.2, 0.25) is 0 Å². The molecule has 128 valence electrons. The third-order valence-electron chi connectivity index (χ3n) is 3.86. The fraction of sp³-hybridized carbons (Fsp3) is 0.929. The molecule has 0 aromatic rings. The average Bonchev–Trinajstić information content (AvgIpc) is 2.87. The Labute approximate surface area is 137 Å². The first kappa shape index (κ1) is 19.2. The molecule has 1 saturated heterocycles. The molecule has 1 heterocycles. The molecule has 0 radical (unpaired) electrons. The monoisotopic (exact) mass is 332 g/mol. The van der Waals surface area contributed by atoms with Gasteiger partial charge in [0.15, 0.2) is 5.03 Å². The second-order valence-corrected chi connectivity index (χ2v) is 6.62. The summed E-state index contributed by atoms with van der Waals surface area (Å²) in [6.07, 6.45) is 4.22. The van der Waals surface area contributed by atoms with Gasteiger partial charge in [0, 0.05) is 19.1 Å². The number of ether oxygens (including phenoxy) is 1. The number of nitro groups is 1. The second kappa shape index (κ2) is 10.0. The Balaban J connectivity index is 2.33. The number of hydrazone groups is 1. The molecule has 0 aromatic carbocycles. The number of hydrogen-bond donors (Lipinski definition) is 1. The van der Waals surface area contributed by atoms with Crippen LogP contribution in [-0.2, 0) is 4.74 Å². The summed E-state index contributed by atoms with van der Waals surface area (Å²) < 4.78 is 5.62. The SMILES string of the molecule is CCN(CCC(C)NC(=N[N+](=O)[O-])SC)CC1COC(C)C1. The van der Waals surface area contributed by atoms with Crippen LogP contribution in [0, 0.1) is 16.0 Å². The number of thioether (sulfide) groups is 1. The number of amidine groups is 1. The predicted molar refractivity (Wildman–Crippen MR) is 90.8 cm³/mol. The highest BCUT2D eigenvalue weighted by atomic mass is 32.2.